The van der Waals surface area contributed by atoms with Crippen molar-refractivity contribution in [1.82, 2.24) is 5.32 Å². The number of carbonyl (C=O) groups excluding carboxylic acids is 1. The summed E-state index contributed by atoms with van der Waals surface area (Å²) in [6, 6.07) is 10.1. The van der Waals surface area contributed by atoms with Gasteiger partial charge in [0.25, 0.3) is 0 Å². The van der Waals surface area contributed by atoms with Gasteiger partial charge in [0.15, 0.2) is 0 Å². The zero-order valence-electron chi connectivity index (χ0n) is 11.7. The Labute approximate surface area is 115 Å². The lowest BCUT2D eigenvalue weighted by atomic mass is 10.0. The largest absolute Gasteiger partial charge is 0.369 e. The van der Waals surface area contributed by atoms with Crippen molar-refractivity contribution in [2.45, 2.75) is 32.4 Å². The summed E-state index contributed by atoms with van der Waals surface area (Å²) >= 11 is 0. The number of benzene rings is 1. The van der Waals surface area contributed by atoms with Crippen LogP contribution in [0.4, 0.5) is 5.69 Å². The Morgan fingerprint density at radius 2 is 2.05 bits per heavy atom. The van der Waals surface area contributed by atoms with E-state index < -0.39 is 6.04 Å². The second-order valence-electron chi connectivity index (χ2n) is 5.55. The van der Waals surface area contributed by atoms with Crippen molar-refractivity contribution in [3.8, 4) is 0 Å². The summed E-state index contributed by atoms with van der Waals surface area (Å²) in [6.07, 6.45) is 0.978. The molecule has 0 saturated carbocycles. The molecule has 104 valence electrons. The van der Waals surface area contributed by atoms with Gasteiger partial charge in [-0.05, 0) is 24.5 Å². The first-order valence-corrected chi connectivity index (χ1v) is 6.94. The van der Waals surface area contributed by atoms with Crippen LogP contribution in [0.25, 0.3) is 0 Å². The minimum Gasteiger partial charge on any atom is -0.369 e. The number of nitrogens with zero attached hydrogens (tertiary/aromatic N) is 1. The van der Waals surface area contributed by atoms with Crippen LogP contribution in [0.3, 0.4) is 0 Å². The van der Waals surface area contributed by atoms with E-state index in [2.05, 4.69) is 22.3 Å². The van der Waals surface area contributed by atoms with E-state index in [0.29, 0.717) is 0 Å². The number of hydrogen-bond acceptors (Lipinski definition) is 3. The van der Waals surface area contributed by atoms with Gasteiger partial charge in [-0.1, -0.05) is 32.0 Å². The number of rotatable bonds is 4. The van der Waals surface area contributed by atoms with Crippen LogP contribution in [0.1, 0.15) is 20.3 Å². The quantitative estimate of drug-likeness (QED) is 0.860. The molecular weight excluding hydrogens is 238 g/mol. The molecule has 1 aromatic rings. The average molecular weight is 261 g/mol. The van der Waals surface area contributed by atoms with E-state index in [1.54, 1.807) is 0 Å². The normalized spacial score (nSPS) is 20.6. The van der Waals surface area contributed by atoms with Crippen molar-refractivity contribution in [1.29, 1.82) is 0 Å². The molecule has 0 radical (unpaired) electrons. The highest BCUT2D eigenvalue weighted by Gasteiger charge is 2.26. The fraction of sp³-hybridized carbons (Fsp3) is 0.533. The third-order valence-electron chi connectivity index (χ3n) is 3.68. The molecule has 1 fully saturated rings. The second kappa shape index (κ2) is 6.06. The molecule has 1 aromatic carbocycles. The van der Waals surface area contributed by atoms with Gasteiger partial charge >= 0.3 is 0 Å². The monoisotopic (exact) mass is 261 g/mol. The topological polar surface area (TPSA) is 58.4 Å². The summed E-state index contributed by atoms with van der Waals surface area (Å²) in [6.45, 7) is 5.77. The Morgan fingerprint density at radius 1 is 1.37 bits per heavy atom. The summed E-state index contributed by atoms with van der Waals surface area (Å²) in [5.41, 5.74) is 7.07. The zero-order chi connectivity index (χ0) is 13.8. The number of carbonyl (C=O) groups is 1. The Bertz CT molecular complexity index is 419. The standard InChI is InChI=1S/C15H23N3O/c1-11(2)14(16)15(19)17-12-8-9-18(10-12)13-6-4-3-5-7-13/h3-7,11-12,14H,8-10,16H2,1-2H3,(H,17,19). The first kappa shape index (κ1) is 13.9. The van der Waals surface area contributed by atoms with Crippen molar-refractivity contribution in [2.75, 3.05) is 18.0 Å². The van der Waals surface area contributed by atoms with E-state index in [0.717, 1.165) is 19.5 Å². The Balaban J connectivity index is 1.87. The number of hydrogen-bond donors (Lipinski definition) is 2. The predicted octanol–water partition coefficient (Wildman–Crippen LogP) is 1.36. The molecule has 1 aliphatic rings. The SMILES string of the molecule is CC(C)C(N)C(=O)NC1CCN(c2ccccc2)C1. The van der Waals surface area contributed by atoms with Crippen LogP contribution < -0.4 is 16.0 Å². The molecule has 19 heavy (non-hydrogen) atoms. The first-order chi connectivity index (χ1) is 9.08. The smallest absolute Gasteiger partial charge is 0.237 e. The van der Waals surface area contributed by atoms with Crippen LogP contribution in [0, 0.1) is 5.92 Å². The van der Waals surface area contributed by atoms with Gasteiger partial charge in [0.05, 0.1) is 6.04 Å². The number of anilines is 1. The van der Waals surface area contributed by atoms with Crippen molar-refractivity contribution in [3.63, 3.8) is 0 Å². The molecule has 1 aliphatic heterocycles. The molecule has 0 aliphatic carbocycles. The van der Waals surface area contributed by atoms with Gasteiger partial charge in [-0.15, -0.1) is 0 Å². The molecular formula is C15H23N3O. The van der Waals surface area contributed by atoms with Gasteiger partial charge in [0.1, 0.15) is 0 Å². The molecule has 2 atom stereocenters. The molecule has 4 nitrogen and oxygen atoms in total. The van der Waals surface area contributed by atoms with Gasteiger partial charge in [-0.3, -0.25) is 4.79 Å². The third-order valence-corrected chi connectivity index (χ3v) is 3.68. The van der Waals surface area contributed by atoms with Crippen molar-refractivity contribution in [2.24, 2.45) is 11.7 Å². The summed E-state index contributed by atoms with van der Waals surface area (Å²) < 4.78 is 0. The van der Waals surface area contributed by atoms with Gasteiger partial charge in [-0.25, -0.2) is 0 Å². The molecule has 0 aromatic heterocycles. The third kappa shape index (κ3) is 3.47. The van der Waals surface area contributed by atoms with E-state index in [9.17, 15) is 4.79 Å². The maximum atomic E-state index is 11.9. The average Bonchev–Trinajstić information content (AvgIpc) is 2.87. The fourth-order valence-corrected chi connectivity index (χ4v) is 2.35. The van der Waals surface area contributed by atoms with Gasteiger partial charge < -0.3 is 16.0 Å². The fourth-order valence-electron chi connectivity index (χ4n) is 2.35. The Morgan fingerprint density at radius 3 is 2.68 bits per heavy atom. The molecule has 1 amide bonds. The van der Waals surface area contributed by atoms with Gasteiger partial charge in [0.2, 0.25) is 5.91 Å². The number of nitrogens with one attached hydrogen (secondary N) is 1. The van der Waals surface area contributed by atoms with Gasteiger partial charge in [0, 0.05) is 24.8 Å². The molecule has 1 saturated heterocycles. The van der Waals surface area contributed by atoms with Crippen molar-refractivity contribution >= 4 is 11.6 Å². The highest BCUT2D eigenvalue weighted by Crippen LogP contribution is 2.19. The van der Waals surface area contributed by atoms with E-state index in [1.807, 2.05) is 32.0 Å². The highest BCUT2D eigenvalue weighted by atomic mass is 16.2. The number of amides is 1. The van der Waals surface area contributed by atoms with Crippen LogP contribution in [0.5, 0.6) is 0 Å². The van der Waals surface area contributed by atoms with E-state index in [1.165, 1.54) is 5.69 Å². The van der Waals surface area contributed by atoms with Crippen LogP contribution in [-0.4, -0.2) is 31.1 Å². The van der Waals surface area contributed by atoms with Crippen LogP contribution in [0.2, 0.25) is 0 Å². The molecule has 2 rings (SSSR count). The lowest BCUT2D eigenvalue weighted by Gasteiger charge is -2.21. The lowest BCUT2D eigenvalue weighted by Crippen LogP contribution is -2.48. The molecule has 0 spiro atoms. The second-order valence-corrected chi connectivity index (χ2v) is 5.55. The predicted molar refractivity (Wildman–Crippen MR) is 78.0 cm³/mol. The molecule has 4 heteroatoms. The summed E-state index contributed by atoms with van der Waals surface area (Å²) in [4.78, 5) is 14.2. The van der Waals surface area contributed by atoms with Gasteiger partial charge in [-0.2, -0.15) is 0 Å². The first-order valence-electron chi connectivity index (χ1n) is 6.94. The maximum Gasteiger partial charge on any atom is 0.237 e. The number of nitrogens with two attached hydrogens (primary N) is 1. The van der Waals surface area contributed by atoms with E-state index in [4.69, 9.17) is 5.73 Å². The van der Waals surface area contributed by atoms with E-state index >= 15 is 0 Å². The van der Waals surface area contributed by atoms with Crippen molar-refractivity contribution in [3.05, 3.63) is 30.3 Å². The summed E-state index contributed by atoms with van der Waals surface area (Å²) in [5.74, 6) is 0.140. The summed E-state index contributed by atoms with van der Waals surface area (Å²) in [7, 11) is 0. The minimum absolute atomic E-state index is 0.0325. The lowest BCUT2D eigenvalue weighted by molar-refractivity contribution is -0.123. The molecule has 2 unspecified atom stereocenters. The molecule has 3 N–H and O–H groups in total. The summed E-state index contributed by atoms with van der Waals surface area (Å²) in [5, 5.41) is 3.05. The van der Waals surface area contributed by atoms with Crippen LogP contribution in [0.15, 0.2) is 30.3 Å². The highest BCUT2D eigenvalue weighted by molar-refractivity contribution is 5.82. The minimum atomic E-state index is -0.411. The molecule has 1 heterocycles. The molecule has 0 bridgehead atoms. The maximum absolute atomic E-state index is 11.9. The van der Waals surface area contributed by atoms with E-state index in [-0.39, 0.29) is 17.9 Å². The van der Waals surface area contributed by atoms with Crippen molar-refractivity contribution < 1.29 is 4.79 Å². The Hall–Kier alpha value is -1.55. The van der Waals surface area contributed by atoms with Crippen LogP contribution in [-0.2, 0) is 4.79 Å². The zero-order valence-corrected chi connectivity index (χ0v) is 11.7. The van der Waals surface area contributed by atoms with Crippen LogP contribution >= 0.6 is 0 Å². The Kier molecular flexibility index (Phi) is 4.43. The number of para-hydroxylation sites is 1.